The van der Waals surface area contributed by atoms with Gasteiger partial charge in [0, 0.05) is 11.8 Å². The molecule has 6 heteroatoms. The molecule has 0 aliphatic rings. The molecule has 20 heavy (non-hydrogen) atoms. The highest BCUT2D eigenvalue weighted by atomic mass is 32.2. The van der Waals surface area contributed by atoms with Crippen LogP contribution in [0.4, 0.5) is 0 Å². The molecular weight excluding hydrogens is 272 g/mol. The van der Waals surface area contributed by atoms with Crippen molar-refractivity contribution in [1.82, 2.24) is 14.9 Å². The van der Waals surface area contributed by atoms with Crippen LogP contribution in [-0.4, -0.2) is 34.0 Å². The van der Waals surface area contributed by atoms with Crippen LogP contribution in [0.25, 0.3) is 11.4 Å². The van der Waals surface area contributed by atoms with Gasteiger partial charge in [-0.1, -0.05) is 25.6 Å². The van der Waals surface area contributed by atoms with E-state index in [1.165, 1.54) is 0 Å². The lowest BCUT2D eigenvalue weighted by Crippen LogP contribution is -1.96. The highest BCUT2D eigenvalue weighted by Gasteiger charge is 2.13. The van der Waals surface area contributed by atoms with Crippen LogP contribution in [0.2, 0.25) is 0 Å². The van der Waals surface area contributed by atoms with Gasteiger partial charge in [0.2, 0.25) is 5.16 Å². The first-order valence-corrected chi connectivity index (χ1v) is 7.54. The molecule has 0 atom stereocenters. The first-order valence-electron chi connectivity index (χ1n) is 6.55. The van der Waals surface area contributed by atoms with Gasteiger partial charge in [-0.2, -0.15) is 9.78 Å². The van der Waals surface area contributed by atoms with E-state index in [0.717, 1.165) is 34.5 Å². The first kappa shape index (κ1) is 14.6. The maximum atomic E-state index is 5.17. The van der Waals surface area contributed by atoms with E-state index < -0.39 is 0 Å². The van der Waals surface area contributed by atoms with E-state index in [1.54, 1.807) is 23.5 Å². The molecule has 106 valence electrons. The predicted molar refractivity (Wildman–Crippen MR) is 82.6 cm³/mol. The van der Waals surface area contributed by atoms with E-state index in [0.29, 0.717) is 0 Å². The highest BCUT2D eigenvalue weighted by molar-refractivity contribution is 7.99. The number of hydrogen-bond acceptors (Lipinski definition) is 5. The lowest BCUT2D eigenvalue weighted by Gasteiger charge is -2.04. The molecule has 0 amide bonds. The van der Waals surface area contributed by atoms with Crippen molar-refractivity contribution in [1.29, 1.82) is 0 Å². The van der Waals surface area contributed by atoms with Gasteiger partial charge in [0.1, 0.15) is 5.75 Å². The van der Waals surface area contributed by atoms with Crippen LogP contribution in [0.3, 0.4) is 0 Å². The normalized spacial score (nSPS) is 11.2. The SMILES string of the molecule is CCC=Nn1c(SCC)nnc1-c1ccc(OC)cc1. The Morgan fingerprint density at radius 1 is 1.25 bits per heavy atom. The molecule has 0 N–H and O–H groups in total. The molecule has 0 saturated heterocycles. The molecule has 0 saturated carbocycles. The fourth-order valence-electron chi connectivity index (χ4n) is 1.67. The fourth-order valence-corrected chi connectivity index (χ4v) is 2.28. The third-order valence-electron chi connectivity index (χ3n) is 2.61. The third-order valence-corrected chi connectivity index (χ3v) is 3.41. The number of nitrogens with zero attached hydrogens (tertiary/aromatic N) is 4. The number of rotatable bonds is 6. The monoisotopic (exact) mass is 290 g/mol. The zero-order chi connectivity index (χ0) is 14.4. The number of hydrogen-bond donors (Lipinski definition) is 0. The number of ether oxygens (including phenoxy) is 1. The summed E-state index contributed by atoms with van der Waals surface area (Å²) in [4.78, 5) is 0. The topological polar surface area (TPSA) is 52.3 Å². The zero-order valence-corrected chi connectivity index (χ0v) is 12.7. The minimum atomic E-state index is 0.744. The Kier molecular flexibility index (Phi) is 5.17. The Balaban J connectivity index is 2.41. The molecule has 0 aliphatic heterocycles. The van der Waals surface area contributed by atoms with Crippen LogP contribution < -0.4 is 4.74 Å². The van der Waals surface area contributed by atoms with E-state index in [1.807, 2.05) is 37.4 Å². The minimum absolute atomic E-state index is 0.744. The van der Waals surface area contributed by atoms with Gasteiger partial charge in [-0.25, -0.2) is 0 Å². The van der Waals surface area contributed by atoms with E-state index >= 15 is 0 Å². The summed E-state index contributed by atoms with van der Waals surface area (Å²) in [5.74, 6) is 2.50. The quantitative estimate of drug-likeness (QED) is 0.605. The van der Waals surface area contributed by atoms with Crippen LogP contribution in [0.15, 0.2) is 34.5 Å². The van der Waals surface area contributed by atoms with Crippen molar-refractivity contribution in [3.8, 4) is 17.1 Å². The molecule has 0 spiro atoms. The van der Waals surface area contributed by atoms with E-state index in [4.69, 9.17) is 4.74 Å². The zero-order valence-electron chi connectivity index (χ0n) is 11.9. The van der Waals surface area contributed by atoms with Crippen molar-refractivity contribution >= 4 is 18.0 Å². The van der Waals surface area contributed by atoms with E-state index in [2.05, 4.69) is 22.2 Å². The van der Waals surface area contributed by atoms with Crippen molar-refractivity contribution in [2.24, 2.45) is 5.10 Å². The Bertz CT molecular complexity index is 577. The smallest absolute Gasteiger partial charge is 0.212 e. The Morgan fingerprint density at radius 3 is 2.60 bits per heavy atom. The second kappa shape index (κ2) is 7.09. The third kappa shape index (κ3) is 3.19. The molecule has 1 aromatic carbocycles. The largest absolute Gasteiger partial charge is 0.497 e. The molecule has 0 radical (unpaired) electrons. The summed E-state index contributed by atoms with van der Waals surface area (Å²) in [6.45, 7) is 4.13. The predicted octanol–water partition coefficient (Wildman–Crippen LogP) is 3.31. The first-order chi connectivity index (χ1) is 9.80. The van der Waals surface area contributed by atoms with Crippen LogP contribution in [0.5, 0.6) is 5.75 Å². The molecule has 5 nitrogen and oxygen atoms in total. The Hall–Kier alpha value is -1.82. The summed E-state index contributed by atoms with van der Waals surface area (Å²) < 4.78 is 6.96. The van der Waals surface area contributed by atoms with Gasteiger partial charge in [0.05, 0.1) is 7.11 Å². The van der Waals surface area contributed by atoms with Gasteiger partial charge >= 0.3 is 0 Å². The molecule has 0 bridgehead atoms. The summed E-state index contributed by atoms with van der Waals surface area (Å²) in [6, 6.07) is 7.73. The Morgan fingerprint density at radius 2 is 2.00 bits per heavy atom. The summed E-state index contributed by atoms with van der Waals surface area (Å²) in [7, 11) is 1.65. The van der Waals surface area contributed by atoms with Gasteiger partial charge in [-0.15, -0.1) is 10.2 Å². The lowest BCUT2D eigenvalue weighted by atomic mass is 10.2. The highest BCUT2D eigenvalue weighted by Crippen LogP contribution is 2.25. The fraction of sp³-hybridized carbons (Fsp3) is 0.357. The molecule has 2 rings (SSSR count). The van der Waals surface area contributed by atoms with Gasteiger partial charge in [-0.3, -0.25) is 0 Å². The van der Waals surface area contributed by atoms with Crippen LogP contribution >= 0.6 is 11.8 Å². The van der Waals surface area contributed by atoms with Crippen molar-refractivity contribution < 1.29 is 4.74 Å². The molecular formula is C14H18N4OS. The van der Waals surface area contributed by atoms with Crippen molar-refractivity contribution in [2.45, 2.75) is 25.4 Å². The van der Waals surface area contributed by atoms with Gasteiger partial charge in [0.15, 0.2) is 5.82 Å². The van der Waals surface area contributed by atoms with Crippen LogP contribution in [0, 0.1) is 0 Å². The molecule has 0 aliphatic carbocycles. The van der Waals surface area contributed by atoms with E-state index in [9.17, 15) is 0 Å². The van der Waals surface area contributed by atoms with Crippen molar-refractivity contribution in [3.05, 3.63) is 24.3 Å². The van der Waals surface area contributed by atoms with E-state index in [-0.39, 0.29) is 0 Å². The maximum absolute atomic E-state index is 5.17. The number of thioether (sulfide) groups is 1. The van der Waals surface area contributed by atoms with Crippen molar-refractivity contribution in [2.75, 3.05) is 12.9 Å². The summed E-state index contributed by atoms with van der Waals surface area (Å²) in [6.07, 6.45) is 2.73. The standard InChI is InChI=1S/C14H18N4OS/c1-4-10-15-18-13(16-17-14(18)20-5-2)11-6-8-12(19-3)9-7-11/h6-10H,4-5H2,1-3H3. The number of benzene rings is 1. The van der Waals surface area contributed by atoms with Gasteiger partial charge < -0.3 is 4.74 Å². The van der Waals surface area contributed by atoms with Crippen molar-refractivity contribution in [3.63, 3.8) is 0 Å². The Labute approximate surface area is 123 Å². The second-order valence-corrected chi connectivity index (χ2v) is 5.22. The molecule has 2 aromatic rings. The summed E-state index contributed by atoms with van der Waals surface area (Å²) in [5.41, 5.74) is 0.967. The average molecular weight is 290 g/mol. The van der Waals surface area contributed by atoms with Gasteiger partial charge in [0.25, 0.3) is 0 Å². The van der Waals surface area contributed by atoms with Crippen LogP contribution in [0.1, 0.15) is 20.3 Å². The molecule has 1 aromatic heterocycles. The lowest BCUT2D eigenvalue weighted by molar-refractivity contribution is 0.415. The van der Waals surface area contributed by atoms with Gasteiger partial charge in [-0.05, 0) is 36.4 Å². The maximum Gasteiger partial charge on any atom is 0.212 e. The number of methoxy groups -OCH3 is 1. The second-order valence-electron chi connectivity index (χ2n) is 3.99. The minimum Gasteiger partial charge on any atom is -0.497 e. The molecule has 0 fully saturated rings. The molecule has 0 unspecified atom stereocenters. The van der Waals surface area contributed by atoms with Crippen LogP contribution in [-0.2, 0) is 0 Å². The summed E-state index contributed by atoms with van der Waals surface area (Å²) in [5, 5.41) is 13.7. The average Bonchev–Trinajstić information content (AvgIpc) is 2.88. The number of aromatic nitrogens is 3. The summed E-state index contributed by atoms with van der Waals surface area (Å²) >= 11 is 1.63. The molecule has 1 heterocycles.